The van der Waals surface area contributed by atoms with Crippen LogP contribution in [0, 0.1) is 5.82 Å². The Balaban J connectivity index is 1.70. The van der Waals surface area contributed by atoms with Crippen LogP contribution in [-0.2, 0) is 0 Å². The lowest BCUT2D eigenvalue weighted by Crippen LogP contribution is -2.27. The Morgan fingerprint density at radius 3 is 2.32 bits per heavy atom. The van der Waals surface area contributed by atoms with Crippen LogP contribution in [0.3, 0.4) is 0 Å². The maximum atomic E-state index is 13.3. The molecule has 4 rings (SSSR count). The largest absolute Gasteiger partial charge is 0.497 e. The summed E-state index contributed by atoms with van der Waals surface area (Å²) >= 11 is 0. The fourth-order valence-corrected chi connectivity index (χ4v) is 3.32. The number of ether oxygens (including phenoxy) is 1. The van der Waals surface area contributed by atoms with Crippen LogP contribution in [0.2, 0.25) is 0 Å². The first kappa shape index (κ1) is 17.9. The molecule has 0 saturated carbocycles. The van der Waals surface area contributed by atoms with Crippen molar-refractivity contribution in [2.45, 2.75) is 12.5 Å². The zero-order valence-electron chi connectivity index (χ0n) is 15.4. The number of carbonyl (C=O) groups excluding carboxylic acids is 1. The van der Waals surface area contributed by atoms with Crippen molar-refractivity contribution >= 4 is 11.6 Å². The minimum atomic E-state index is -0.375. The SMILES string of the molecule is COc1ccc(C2=NN(C(=O)c3ccc(F)cc3)C(c3ccccc3)C2)cc1. The number of hydrogen-bond donors (Lipinski definition) is 0. The highest BCUT2D eigenvalue weighted by molar-refractivity contribution is 6.05. The summed E-state index contributed by atoms with van der Waals surface area (Å²) < 4.78 is 18.5. The monoisotopic (exact) mass is 374 g/mol. The number of carbonyl (C=O) groups is 1. The zero-order chi connectivity index (χ0) is 19.5. The average Bonchev–Trinajstić information content (AvgIpc) is 3.20. The molecule has 3 aromatic rings. The number of benzene rings is 3. The van der Waals surface area contributed by atoms with E-state index in [9.17, 15) is 9.18 Å². The standard InChI is InChI=1S/C23H19FN2O2/c1-28-20-13-9-16(10-14-20)21-15-22(17-5-3-2-4-6-17)26(25-21)23(27)18-7-11-19(24)12-8-18/h2-14,22H,15H2,1H3. The molecule has 0 spiro atoms. The van der Waals surface area contributed by atoms with Crippen molar-refractivity contribution in [3.63, 3.8) is 0 Å². The van der Waals surface area contributed by atoms with Gasteiger partial charge in [0.05, 0.1) is 18.9 Å². The Hall–Kier alpha value is -3.47. The topological polar surface area (TPSA) is 41.9 Å². The molecule has 140 valence electrons. The number of methoxy groups -OCH3 is 1. The molecule has 28 heavy (non-hydrogen) atoms. The van der Waals surface area contributed by atoms with Gasteiger partial charge in [-0.15, -0.1) is 0 Å². The minimum absolute atomic E-state index is 0.212. The Morgan fingerprint density at radius 1 is 1.00 bits per heavy atom. The molecular formula is C23H19FN2O2. The van der Waals surface area contributed by atoms with Gasteiger partial charge in [-0.05, 0) is 59.7 Å². The van der Waals surface area contributed by atoms with Crippen molar-refractivity contribution in [2.24, 2.45) is 5.10 Å². The summed E-state index contributed by atoms with van der Waals surface area (Å²) in [6, 6.07) is 22.8. The van der Waals surface area contributed by atoms with Gasteiger partial charge in [0.15, 0.2) is 0 Å². The lowest BCUT2D eigenvalue weighted by atomic mass is 9.98. The molecule has 0 fully saturated rings. The first-order valence-corrected chi connectivity index (χ1v) is 9.01. The molecule has 0 saturated heterocycles. The van der Waals surface area contributed by atoms with Gasteiger partial charge in [-0.1, -0.05) is 30.3 Å². The van der Waals surface area contributed by atoms with Gasteiger partial charge < -0.3 is 4.74 Å². The Kier molecular flexibility index (Phi) is 4.89. The lowest BCUT2D eigenvalue weighted by molar-refractivity contribution is 0.0711. The molecule has 3 aromatic carbocycles. The van der Waals surface area contributed by atoms with Gasteiger partial charge in [-0.25, -0.2) is 9.40 Å². The van der Waals surface area contributed by atoms with Crippen LogP contribution in [0.25, 0.3) is 0 Å². The van der Waals surface area contributed by atoms with Crippen LogP contribution in [0.15, 0.2) is 84.0 Å². The second-order valence-corrected chi connectivity index (χ2v) is 6.56. The van der Waals surface area contributed by atoms with E-state index in [1.165, 1.54) is 29.3 Å². The van der Waals surface area contributed by atoms with Crippen molar-refractivity contribution < 1.29 is 13.9 Å². The lowest BCUT2D eigenvalue weighted by Gasteiger charge is -2.22. The van der Waals surface area contributed by atoms with Crippen LogP contribution in [-0.4, -0.2) is 23.7 Å². The number of nitrogens with zero attached hydrogens (tertiary/aromatic N) is 2. The molecule has 1 aliphatic rings. The van der Waals surface area contributed by atoms with Gasteiger partial charge in [-0.3, -0.25) is 4.79 Å². The highest BCUT2D eigenvalue weighted by Crippen LogP contribution is 2.34. The van der Waals surface area contributed by atoms with E-state index < -0.39 is 0 Å². The Bertz CT molecular complexity index is 999. The van der Waals surface area contributed by atoms with Gasteiger partial charge in [0, 0.05) is 12.0 Å². The highest BCUT2D eigenvalue weighted by atomic mass is 19.1. The first-order chi connectivity index (χ1) is 13.7. The number of halogens is 1. The Labute approximate surface area is 162 Å². The van der Waals surface area contributed by atoms with Crippen LogP contribution in [0.1, 0.15) is 33.9 Å². The zero-order valence-corrected chi connectivity index (χ0v) is 15.4. The molecule has 0 aromatic heterocycles. The third-order valence-electron chi connectivity index (χ3n) is 4.82. The van der Waals surface area contributed by atoms with Crippen molar-refractivity contribution in [3.8, 4) is 5.75 Å². The number of hydrazone groups is 1. The molecule has 1 amide bonds. The minimum Gasteiger partial charge on any atom is -0.497 e. The summed E-state index contributed by atoms with van der Waals surface area (Å²) in [6.45, 7) is 0. The summed E-state index contributed by atoms with van der Waals surface area (Å²) in [5.74, 6) is 0.138. The summed E-state index contributed by atoms with van der Waals surface area (Å²) in [6.07, 6.45) is 0.600. The Morgan fingerprint density at radius 2 is 1.68 bits per heavy atom. The predicted molar refractivity (Wildman–Crippen MR) is 106 cm³/mol. The van der Waals surface area contributed by atoms with Crippen LogP contribution in [0.5, 0.6) is 5.75 Å². The second-order valence-electron chi connectivity index (χ2n) is 6.56. The fraction of sp³-hybridized carbons (Fsp3) is 0.130. The number of hydrogen-bond acceptors (Lipinski definition) is 3. The van der Waals surface area contributed by atoms with E-state index >= 15 is 0 Å². The maximum Gasteiger partial charge on any atom is 0.274 e. The molecule has 1 atom stereocenters. The van der Waals surface area contributed by atoms with Gasteiger partial charge in [0.1, 0.15) is 11.6 Å². The molecule has 0 aliphatic carbocycles. The van der Waals surface area contributed by atoms with E-state index in [0.717, 1.165) is 22.6 Å². The number of amides is 1. The molecule has 1 heterocycles. The predicted octanol–water partition coefficient (Wildman–Crippen LogP) is 4.83. The molecule has 0 N–H and O–H groups in total. The molecule has 0 radical (unpaired) electrons. The van der Waals surface area contributed by atoms with Gasteiger partial charge in [0.2, 0.25) is 0 Å². The van der Waals surface area contributed by atoms with E-state index in [0.29, 0.717) is 12.0 Å². The van der Waals surface area contributed by atoms with E-state index in [4.69, 9.17) is 4.74 Å². The van der Waals surface area contributed by atoms with Crippen LogP contribution < -0.4 is 4.74 Å². The molecular weight excluding hydrogens is 355 g/mol. The van der Waals surface area contributed by atoms with Crippen LogP contribution >= 0.6 is 0 Å². The smallest absolute Gasteiger partial charge is 0.274 e. The van der Waals surface area contributed by atoms with Crippen molar-refractivity contribution in [1.82, 2.24) is 5.01 Å². The quantitative estimate of drug-likeness (QED) is 0.657. The van der Waals surface area contributed by atoms with Crippen molar-refractivity contribution in [3.05, 3.63) is 101 Å². The van der Waals surface area contributed by atoms with E-state index in [1.807, 2.05) is 54.6 Å². The highest BCUT2D eigenvalue weighted by Gasteiger charge is 2.33. The average molecular weight is 374 g/mol. The summed E-state index contributed by atoms with van der Waals surface area (Å²) in [5.41, 5.74) is 3.18. The van der Waals surface area contributed by atoms with Crippen molar-refractivity contribution in [2.75, 3.05) is 7.11 Å². The molecule has 0 bridgehead atoms. The first-order valence-electron chi connectivity index (χ1n) is 9.01. The van der Waals surface area contributed by atoms with E-state index in [2.05, 4.69) is 5.10 Å². The van der Waals surface area contributed by atoms with E-state index in [-0.39, 0.29) is 17.8 Å². The van der Waals surface area contributed by atoms with Gasteiger partial charge >= 0.3 is 0 Å². The molecule has 1 unspecified atom stereocenters. The fourth-order valence-electron chi connectivity index (χ4n) is 3.32. The third-order valence-corrected chi connectivity index (χ3v) is 4.82. The maximum absolute atomic E-state index is 13.3. The third kappa shape index (κ3) is 3.51. The molecule has 4 nitrogen and oxygen atoms in total. The summed E-state index contributed by atoms with van der Waals surface area (Å²) in [5, 5.41) is 6.14. The molecule has 5 heteroatoms. The summed E-state index contributed by atoms with van der Waals surface area (Å²) in [7, 11) is 1.62. The van der Waals surface area contributed by atoms with Gasteiger partial charge in [-0.2, -0.15) is 5.10 Å². The molecule has 1 aliphatic heterocycles. The van der Waals surface area contributed by atoms with E-state index in [1.54, 1.807) is 7.11 Å². The number of rotatable bonds is 4. The van der Waals surface area contributed by atoms with Crippen molar-refractivity contribution in [1.29, 1.82) is 0 Å². The normalized spacial score (nSPS) is 16.0. The second kappa shape index (κ2) is 7.64. The van der Waals surface area contributed by atoms with Crippen LogP contribution in [0.4, 0.5) is 4.39 Å². The van der Waals surface area contributed by atoms with Gasteiger partial charge in [0.25, 0.3) is 5.91 Å². The summed E-state index contributed by atoms with van der Waals surface area (Å²) in [4.78, 5) is 13.1.